The van der Waals surface area contributed by atoms with E-state index in [0.717, 1.165) is 18.1 Å². The van der Waals surface area contributed by atoms with Gasteiger partial charge in [-0.2, -0.15) is 0 Å². The number of hydrogen-bond donors (Lipinski definition) is 7. The van der Waals surface area contributed by atoms with Crippen LogP contribution in [0.5, 0.6) is 5.75 Å². The highest BCUT2D eigenvalue weighted by Gasteiger charge is 2.17. The highest BCUT2D eigenvalue weighted by molar-refractivity contribution is 6.43. The van der Waals surface area contributed by atoms with Crippen molar-refractivity contribution in [3.8, 4) is 5.75 Å². The molecule has 0 aliphatic heterocycles. The third kappa shape index (κ3) is 17.7. The van der Waals surface area contributed by atoms with Gasteiger partial charge in [0.1, 0.15) is 18.3 Å². The summed E-state index contributed by atoms with van der Waals surface area (Å²) in [6, 6.07) is 18.5. The molecule has 0 spiro atoms. The van der Waals surface area contributed by atoms with Crippen LogP contribution in [0, 0.1) is 5.92 Å². The van der Waals surface area contributed by atoms with Gasteiger partial charge in [0, 0.05) is 11.6 Å². The van der Waals surface area contributed by atoms with Crippen molar-refractivity contribution in [3.05, 3.63) is 106 Å². The molecule has 242 valence electrons. The SMILES string of the molecule is CCC(C)C(N)C(=O)O.O=C(O)/C=C/c1ccc(O)cc1.O=C(O)CNC(=O)c1ccccc1.O=C(O)c1cccc(Cl)c1Cl. The number of aliphatic carboxylic acids is 3. The van der Waals surface area contributed by atoms with E-state index in [2.05, 4.69) is 5.32 Å². The van der Waals surface area contributed by atoms with Gasteiger partial charge < -0.3 is 36.6 Å². The van der Waals surface area contributed by atoms with Gasteiger partial charge in [-0.1, -0.05) is 79.9 Å². The van der Waals surface area contributed by atoms with Gasteiger partial charge in [0.05, 0.1) is 15.6 Å². The smallest absolute Gasteiger partial charge is 0.337 e. The van der Waals surface area contributed by atoms with Gasteiger partial charge in [0.25, 0.3) is 5.91 Å². The van der Waals surface area contributed by atoms with E-state index in [9.17, 15) is 24.0 Å². The largest absolute Gasteiger partial charge is 0.508 e. The summed E-state index contributed by atoms with van der Waals surface area (Å²) in [5.41, 5.74) is 6.51. The number of aromatic hydroxyl groups is 1. The van der Waals surface area contributed by atoms with E-state index in [0.29, 0.717) is 5.56 Å². The third-order valence-corrected chi connectivity index (χ3v) is 6.29. The summed E-state index contributed by atoms with van der Waals surface area (Å²) >= 11 is 11.1. The van der Waals surface area contributed by atoms with Crippen LogP contribution in [0.1, 0.15) is 46.5 Å². The average molecular weight is 666 g/mol. The zero-order valence-electron chi connectivity index (χ0n) is 24.3. The van der Waals surface area contributed by atoms with Crippen LogP contribution in [0.2, 0.25) is 10.0 Å². The van der Waals surface area contributed by atoms with Crippen LogP contribution in [0.25, 0.3) is 6.08 Å². The molecule has 8 N–H and O–H groups in total. The molecule has 1 amide bonds. The minimum absolute atomic E-state index is 0.0270. The van der Waals surface area contributed by atoms with E-state index in [-0.39, 0.29) is 39.7 Å². The van der Waals surface area contributed by atoms with E-state index in [4.69, 9.17) is 54.5 Å². The van der Waals surface area contributed by atoms with Crippen molar-refractivity contribution in [3.63, 3.8) is 0 Å². The lowest BCUT2D eigenvalue weighted by Crippen LogP contribution is -2.36. The predicted molar refractivity (Wildman–Crippen MR) is 170 cm³/mol. The fraction of sp³-hybridized carbons (Fsp3) is 0.194. The van der Waals surface area contributed by atoms with Gasteiger partial charge in [0.2, 0.25) is 0 Å². The summed E-state index contributed by atoms with van der Waals surface area (Å²) in [6.45, 7) is 3.40. The number of hydrogen-bond acceptors (Lipinski definition) is 7. The molecule has 0 aromatic heterocycles. The number of carboxylic acids is 4. The second kappa shape index (κ2) is 21.7. The first-order chi connectivity index (χ1) is 21.1. The lowest BCUT2D eigenvalue weighted by molar-refractivity contribution is -0.140. The maximum absolute atomic E-state index is 11.2. The number of phenols is 1. The molecule has 3 rings (SSSR count). The van der Waals surface area contributed by atoms with Crippen molar-refractivity contribution in [2.75, 3.05) is 6.54 Å². The average Bonchev–Trinajstić information content (AvgIpc) is 3.01. The molecule has 2 atom stereocenters. The first-order valence-corrected chi connectivity index (χ1v) is 13.8. The second-order valence-electron chi connectivity index (χ2n) is 8.86. The Morgan fingerprint density at radius 2 is 1.44 bits per heavy atom. The molecular weight excluding hydrogens is 631 g/mol. The van der Waals surface area contributed by atoms with Gasteiger partial charge in [-0.25, -0.2) is 9.59 Å². The number of carbonyl (C=O) groups excluding carboxylic acids is 1. The molecule has 3 aromatic carbocycles. The van der Waals surface area contributed by atoms with Crippen molar-refractivity contribution in [2.45, 2.75) is 26.3 Å². The molecular formula is C31H34Cl2N2O10. The molecule has 0 saturated heterocycles. The van der Waals surface area contributed by atoms with E-state index < -0.39 is 29.9 Å². The van der Waals surface area contributed by atoms with Gasteiger partial charge in [-0.3, -0.25) is 14.4 Å². The van der Waals surface area contributed by atoms with Crippen LogP contribution in [0.3, 0.4) is 0 Å². The van der Waals surface area contributed by atoms with Crippen LogP contribution in [0.15, 0.2) is 78.9 Å². The number of rotatable bonds is 9. The number of halogens is 2. The topological polar surface area (TPSA) is 225 Å². The molecule has 0 saturated carbocycles. The Morgan fingerprint density at radius 3 is 1.87 bits per heavy atom. The molecule has 0 radical (unpaired) electrons. The van der Waals surface area contributed by atoms with Crippen molar-refractivity contribution in [1.29, 1.82) is 0 Å². The highest BCUT2D eigenvalue weighted by atomic mass is 35.5. The number of nitrogens with two attached hydrogens (primary N) is 1. The maximum Gasteiger partial charge on any atom is 0.337 e. The van der Waals surface area contributed by atoms with Gasteiger partial charge in [-0.05, 0) is 54.0 Å². The minimum atomic E-state index is -1.07. The van der Waals surface area contributed by atoms with Crippen LogP contribution < -0.4 is 11.1 Å². The lowest BCUT2D eigenvalue weighted by atomic mass is 10.0. The zero-order valence-corrected chi connectivity index (χ0v) is 25.8. The second-order valence-corrected chi connectivity index (χ2v) is 9.65. The quantitative estimate of drug-likeness (QED) is 0.148. The normalized spacial score (nSPS) is 11.1. The summed E-state index contributed by atoms with van der Waals surface area (Å²) in [7, 11) is 0. The number of amides is 1. The fourth-order valence-corrected chi connectivity index (χ4v) is 3.15. The molecule has 45 heavy (non-hydrogen) atoms. The van der Waals surface area contributed by atoms with Crippen LogP contribution >= 0.6 is 23.2 Å². The summed E-state index contributed by atoms with van der Waals surface area (Å²) < 4.78 is 0. The Balaban J connectivity index is 0.000000579. The molecule has 2 unspecified atom stereocenters. The summed E-state index contributed by atoms with van der Waals surface area (Å²) in [6.07, 6.45) is 3.32. The summed E-state index contributed by atoms with van der Waals surface area (Å²) in [4.78, 5) is 52.0. The summed E-state index contributed by atoms with van der Waals surface area (Å²) in [5, 5.41) is 45.0. The monoisotopic (exact) mass is 664 g/mol. The standard InChI is InChI=1S/C9H9NO3.C9H8O3.C7H4Cl2O2.C6H13NO2/c11-8(12)6-10-9(13)7-4-2-1-3-5-7;10-8-4-1-7(2-5-8)3-6-9(11)12;8-5-3-1-2-4(6(5)9)7(10)11;1-3-4(2)5(7)6(8)9/h1-5H,6H2,(H,10,13)(H,11,12);1-6,10H,(H,11,12);1-3H,(H,10,11);4-5H,3,7H2,1-2H3,(H,8,9)/b;6-3+;;. The number of phenolic OH excluding ortho intramolecular Hbond substituents is 1. The molecule has 3 aromatic rings. The number of carboxylic acid groups (broad SMARTS) is 4. The molecule has 0 fully saturated rings. The first-order valence-electron chi connectivity index (χ1n) is 13.0. The van der Waals surface area contributed by atoms with Crippen molar-refractivity contribution < 1.29 is 49.5 Å². The molecule has 0 aliphatic carbocycles. The van der Waals surface area contributed by atoms with Crippen molar-refractivity contribution >= 4 is 59.1 Å². The maximum atomic E-state index is 11.2. The van der Waals surface area contributed by atoms with Crippen LogP contribution in [0.4, 0.5) is 0 Å². The van der Waals surface area contributed by atoms with E-state index in [1.807, 2.05) is 13.8 Å². The number of carbonyl (C=O) groups is 5. The predicted octanol–water partition coefficient (Wildman–Crippen LogP) is 5.13. The molecule has 12 nitrogen and oxygen atoms in total. The highest BCUT2D eigenvalue weighted by Crippen LogP contribution is 2.25. The third-order valence-electron chi connectivity index (χ3n) is 5.47. The molecule has 0 aliphatic rings. The molecule has 14 heteroatoms. The Bertz CT molecular complexity index is 1430. The Morgan fingerprint density at radius 1 is 0.867 bits per heavy atom. The van der Waals surface area contributed by atoms with Gasteiger partial charge in [0.15, 0.2) is 0 Å². The van der Waals surface area contributed by atoms with Crippen molar-refractivity contribution in [2.24, 2.45) is 11.7 Å². The van der Waals surface area contributed by atoms with E-state index >= 15 is 0 Å². The van der Waals surface area contributed by atoms with E-state index in [1.165, 1.54) is 36.4 Å². The van der Waals surface area contributed by atoms with Crippen LogP contribution in [-0.4, -0.2) is 67.9 Å². The minimum Gasteiger partial charge on any atom is -0.508 e. The zero-order chi connectivity index (χ0) is 34.5. The first kappa shape index (κ1) is 40.1. The van der Waals surface area contributed by atoms with Crippen LogP contribution in [-0.2, 0) is 14.4 Å². The lowest BCUT2D eigenvalue weighted by Gasteiger charge is -2.11. The molecule has 0 bridgehead atoms. The van der Waals surface area contributed by atoms with Gasteiger partial charge in [-0.15, -0.1) is 0 Å². The number of nitrogens with one attached hydrogen (secondary N) is 1. The number of benzene rings is 3. The Kier molecular flexibility index (Phi) is 19.4. The summed E-state index contributed by atoms with van der Waals surface area (Å²) in [5.74, 6) is -4.15. The molecule has 0 heterocycles. The van der Waals surface area contributed by atoms with Gasteiger partial charge >= 0.3 is 23.9 Å². The van der Waals surface area contributed by atoms with Crippen molar-refractivity contribution in [1.82, 2.24) is 5.32 Å². The number of aromatic carboxylic acids is 1. The van der Waals surface area contributed by atoms with E-state index in [1.54, 1.807) is 42.5 Å². The Hall–Kier alpha value is -4.91. The Labute approximate surface area is 269 Å². The fourth-order valence-electron chi connectivity index (χ4n) is 2.77.